The average molecular weight is 468 g/mol. The van der Waals surface area contributed by atoms with Gasteiger partial charge in [0.1, 0.15) is 0 Å². The van der Waals surface area contributed by atoms with Crippen molar-refractivity contribution < 1.29 is 4.42 Å². The summed E-state index contributed by atoms with van der Waals surface area (Å²) < 4.78 is 5.96. The molecule has 1 atom stereocenters. The fraction of sp³-hybridized carbons (Fsp3) is 0.280. The van der Waals surface area contributed by atoms with Crippen LogP contribution in [0.1, 0.15) is 26.0 Å². The molecule has 3 aromatic heterocycles. The van der Waals surface area contributed by atoms with Gasteiger partial charge in [-0.1, -0.05) is 6.07 Å². The molecule has 4 heterocycles. The molecule has 0 amide bonds. The average Bonchev–Trinajstić information content (AvgIpc) is 3.54. The summed E-state index contributed by atoms with van der Waals surface area (Å²) in [5.41, 5.74) is 15.5. The topological polar surface area (TPSA) is 157 Å². The van der Waals surface area contributed by atoms with E-state index >= 15 is 0 Å². The van der Waals surface area contributed by atoms with Gasteiger partial charge in [0.2, 0.25) is 5.89 Å². The van der Waals surface area contributed by atoms with Crippen LogP contribution in [0.4, 0.5) is 11.5 Å². The van der Waals surface area contributed by atoms with Crippen molar-refractivity contribution in [1.82, 2.24) is 25.1 Å². The van der Waals surface area contributed by atoms with E-state index in [0.29, 0.717) is 23.0 Å². The summed E-state index contributed by atoms with van der Waals surface area (Å²) >= 11 is 0. The molecule has 1 aliphatic heterocycles. The number of anilines is 2. The normalized spacial score (nSPS) is 15.8. The lowest BCUT2D eigenvalue weighted by Crippen LogP contribution is -2.26. The fourth-order valence-corrected chi connectivity index (χ4v) is 3.98. The molecule has 35 heavy (non-hydrogen) atoms. The van der Waals surface area contributed by atoms with Gasteiger partial charge in [0.05, 0.1) is 29.1 Å². The van der Waals surface area contributed by atoms with Crippen LogP contribution in [0.15, 0.2) is 53.2 Å². The highest BCUT2D eigenvalue weighted by atomic mass is 16.4. The zero-order chi connectivity index (χ0) is 24.6. The third kappa shape index (κ3) is 4.41. The van der Waals surface area contributed by atoms with Crippen molar-refractivity contribution in [2.75, 3.05) is 23.7 Å². The molecule has 0 spiro atoms. The Morgan fingerprint density at radius 1 is 1.11 bits per heavy atom. The van der Waals surface area contributed by atoms with Gasteiger partial charge in [0, 0.05) is 42.1 Å². The van der Waals surface area contributed by atoms with Gasteiger partial charge >= 0.3 is 0 Å². The van der Waals surface area contributed by atoms with Crippen molar-refractivity contribution in [3.8, 4) is 40.4 Å². The van der Waals surface area contributed by atoms with E-state index in [2.05, 4.69) is 36.1 Å². The molecule has 0 radical (unpaired) electrons. The van der Waals surface area contributed by atoms with Crippen LogP contribution >= 0.6 is 0 Å². The Bertz CT molecular complexity index is 1420. The van der Waals surface area contributed by atoms with E-state index in [0.717, 1.165) is 36.3 Å². The second-order valence-corrected chi connectivity index (χ2v) is 9.11. The highest BCUT2D eigenvalue weighted by molar-refractivity contribution is 5.69. The number of rotatable bonds is 5. The third-order valence-corrected chi connectivity index (χ3v) is 6.09. The minimum atomic E-state index is -0.740. The zero-order valence-electron chi connectivity index (χ0n) is 19.5. The zero-order valence-corrected chi connectivity index (χ0v) is 19.5. The van der Waals surface area contributed by atoms with Gasteiger partial charge in [-0.2, -0.15) is 5.26 Å². The summed E-state index contributed by atoms with van der Waals surface area (Å²) in [6.45, 7) is 5.36. The number of aromatic nitrogens is 5. The predicted molar refractivity (Wildman–Crippen MR) is 132 cm³/mol. The van der Waals surface area contributed by atoms with Crippen molar-refractivity contribution in [1.29, 1.82) is 5.26 Å². The molecule has 0 unspecified atom stereocenters. The third-order valence-electron chi connectivity index (χ3n) is 6.09. The van der Waals surface area contributed by atoms with Crippen molar-refractivity contribution in [3.05, 3.63) is 54.5 Å². The molecule has 176 valence electrons. The number of hydrogen-bond donors (Lipinski definition) is 2. The minimum absolute atomic E-state index is 0.173. The fourth-order valence-electron chi connectivity index (χ4n) is 3.98. The molecule has 0 bridgehead atoms. The quantitative estimate of drug-likeness (QED) is 0.446. The number of nitrogens with zero attached hydrogens (tertiary/aromatic N) is 7. The van der Waals surface area contributed by atoms with Crippen LogP contribution in [0.5, 0.6) is 0 Å². The Morgan fingerprint density at radius 3 is 2.71 bits per heavy atom. The molecular formula is C25H25N9O. The Balaban J connectivity index is 1.46. The van der Waals surface area contributed by atoms with E-state index in [9.17, 15) is 5.26 Å². The first-order valence-electron chi connectivity index (χ1n) is 11.3. The standard InChI is InChI=1S/C25H25N9O/c1-25(2,14-26)20-11-15(6-8-29-20)19-12-30-22(28)21(31-19)24-33-32-23(35-24)16-4-3-5-18(10-16)34-9-7-17(27)13-34/h3-6,8,10-12,17H,7,9,13,27H2,1-2H3,(H2,28,30)/t17-/m0/s1. The number of nitrogens with two attached hydrogens (primary N) is 2. The summed E-state index contributed by atoms with van der Waals surface area (Å²) in [7, 11) is 0. The van der Waals surface area contributed by atoms with E-state index < -0.39 is 5.41 Å². The van der Waals surface area contributed by atoms with Crippen LogP contribution < -0.4 is 16.4 Å². The Morgan fingerprint density at radius 2 is 1.94 bits per heavy atom. The molecule has 1 aliphatic rings. The van der Waals surface area contributed by atoms with Crippen molar-refractivity contribution >= 4 is 11.5 Å². The maximum absolute atomic E-state index is 9.45. The molecule has 5 rings (SSSR count). The van der Waals surface area contributed by atoms with Crippen molar-refractivity contribution in [2.24, 2.45) is 5.73 Å². The molecule has 4 N–H and O–H groups in total. The van der Waals surface area contributed by atoms with E-state index in [1.807, 2.05) is 44.2 Å². The van der Waals surface area contributed by atoms with E-state index in [-0.39, 0.29) is 17.8 Å². The summed E-state index contributed by atoms with van der Waals surface area (Å²) in [6.07, 6.45) is 4.18. The number of pyridine rings is 1. The molecule has 4 aromatic rings. The van der Waals surface area contributed by atoms with Gasteiger partial charge in [-0.15, -0.1) is 10.2 Å². The summed E-state index contributed by atoms with van der Waals surface area (Å²) in [6, 6.07) is 14.0. The summed E-state index contributed by atoms with van der Waals surface area (Å²) in [5.74, 6) is 0.710. The number of hydrogen-bond acceptors (Lipinski definition) is 10. The lowest BCUT2D eigenvalue weighted by atomic mass is 9.90. The Hall–Kier alpha value is -4.36. The second-order valence-electron chi connectivity index (χ2n) is 9.11. The van der Waals surface area contributed by atoms with E-state index in [4.69, 9.17) is 15.9 Å². The van der Waals surface area contributed by atoms with Crippen LogP contribution in [0, 0.1) is 11.3 Å². The molecule has 10 heteroatoms. The number of nitriles is 1. The molecule has 1 fully saturated rings. The van der Waals surface area contributed by atoms with Crippen LogP contribution in [0.25, 0.3) is 34.3 Å². The molecule has 1 aromatic carbocycles. The minimum Gasteiger partial charge on any atom is -0.414 e. The van der Waals surface area contributed by atoms with Gasteiger partial charge in [0.15, 0.2) is 11.5 Å². The predicted octanol–water partition coefficient (Wildman–Crippen LogP) is 3.18. The highest BCUT2D eigenvalue weighted by Gasteiger charge is 2.23. The maximum Gasteiger partial charge on any atom is 0.270 e. The Labute approximate surface area is 202 Å². The molecule has 0 saturated carbocycles. The van der Waals surface area contributed by atoms with Crippen LogP contribution in [-0.4, -0.2) is 44.3 Å². The summed E-state index contributed by atoms with van der Waals surface area (Å²) in [4.78, 5) is 15.5. The molecule has 10 nitrogen and oxygen atoms in total. The van der Waals surface area contributed by atoms with Crippen molar-refractivity contribution in [3.63, 3.8) is 0 Å². The van der Waals surface area contributed by atoms with Gasteiger partial charge in [-0.25, -0.2) is 9.97 Å². The highest BCUT2D eigenvalue weighted by Crippen LogP contribution is 2.31. The first-order chi connectivity index (χ1) is 16.8. The first kappa shape index (κ1) is 22.4. The van der Waals surface area contributed by atoms with Crippen molar-refractivity contribution in [2.45, 2.75) is 31.7 Å². The maximum atomic E-state index is 9.45. The smallest absolute Gasteiger partial charge is 0.270 e. The van der Waals surface area contributed by atoms with Gasteiger partial charge in [0.25, 0.3) is 5.89 Å². The Kier molecular flexibility index (Phi) is 5.62. The number of nitrogen functional groups attached to an aromatic ring is 1. The lowest BCUT2D eigenvalue weighted by Gasteiger charge is -2.18. The lowest BCUT2D eigenvalue weighted by molar-refractivity contribution is 0.582. The van der Waals surface area contributed by atoms with E-state index in [1.165, 1.54) is 0 Å². The first-order valence-corrected chi connectivity index (χ1v) is 11.3. The largest absolute Gasteiger partial charge is 0.414 e. The monoisotopic (exact) mass is 467 g/mol. The van der Waals surface area contributed by atoms with E-state index in [1.54, 1.807) is 18.5 Å². The van der Waals surface area contributed by atoms with Crippen LogP contribution in [0.3, 0.4) is 0 Å². The van der Waals surface area contributed by atoms with Gasteiger partial charge in [-0.05, 0) is 50.6 Å². The van der Waals surface area contributed by atoms with Crippen LogP contribution in [0.2, 0.25) is 0 Å². The van der Waals surface area contributed by atoms with Gasteiger partial charge < -0.3 is 20.8 Å². The SMILES string of the molecule is CC(C)(C#N)c1cc(-c2cnc(N)c(-c3nnc(-c4cccc(N5CC[C@H](N)C5)c4)o3)n2)ccn1. The number of benzene rings is 1. The molecule has 1 saturated heterocycles. The van der Waals surface area contributed by atoms with Crippen LogP contribution in [-0.2, 0) is 5.41 Å². The molecule has 0 aliphatic carbocycles. The second kappa shape index (κ2) is 8.77. The van der Waals surface area contributed by atoms with Gasteiger partial charge in [-0.3, -0.25) is 4.98 Å². The molecular weight excluding hydrogens is 442 g/mol. The summed E-state index contributed by atoms with van der Waals surface area (Å²) in [5, 5.41) is 17.9.